The maximum atomic E-state index is 14.0. The Morgan fingerprint density at radius 2 is 1.79 bits per heavy atom. The lowest BCUT2D eigenvalue weighted by atomic mass is 9.96. The Kier molecular flexibility index (Phi) is 5.21. The minimum absolute atomic E-state index is 0.0183. The van der Waals surface area contributed by atoms with E-state index in [9.17, 15) is 9.18 Å². The normalized spacial score (nSPS) is 15.2. The van der Waals surface area contributed by atoms with E-state index in [2.05, 4.69) is 15.5 Å². The second kappa shape index (κ2) is 8.48. The van der Waals surface area contributed by atoms with E-state index in [0.29, 0.717) is 11.3 Å². The fraction of sp³-hybridized carbons (Fsp3) is 0.0800. The number of ketones is 1. The van der Waals surface area contributed by atoms with Crippen molar-refractivity contribution in [2.45, 2.75) is 12.6 Å². The van der Waals surface area contributed by atoms with E-state index in [4.69, 9.17) is 14.7 Å². The standard InChI is InChI=1S/C25H16FN5O2/c26-20-12-17(10-11-18(20)14-27)24-30-31-25(33-24)29-23-21(32)13-16-8-4-5-9-19(16)22(28-23)15-6-2-1-3-7-15/h1-12,23H,13H2,(H,29,31). The smallest absolute Gasteiger partial charge is 0.317 e. The molecule has 1 aliphatic heterocycles. The number of fused-ring (bicyclic) bond motifs is 1. The number of hydrogen-bond donors (Lipinski definition) is 1. The van der Waals surface area contributed by atoms with Crippen LogP contribution < -0.4 is 5.32 Å². The molecule has 0 bridgehead atoms. The number of halogens is 1. The number of nitrogens with one attached hydrogen (secondary N) is 1. The Balaban J connectivity index is 1.48. The molecule has 1 aliphatic rings. The minimum Gasteiger partial charge on any atom is -0.403 e. The number of hydrogen-bond acceptors (Lipinski definition) is 7. The van der Waals surface area contributed by atoms with E-state index >= 15 is 0 Å². The molecule has 8 heteroatoms. The first-order chi connectivity index (χ1) is 16.1. The van der Waals surface area contributed by atoms with Crippen LogP contribution in [0.1, 0.15) is 22.3 Å². The highest BCUT2D eigenvalue weighted by atomic mass is 19.1. The Morgan fingerprint density at radius 1 is 1.00 bits per heavy atom. The summed E-state index contributed by atoms with van der Waals surface area (Å²) in [6.45, 7) is 0. The fourth-order valence-electron chi connectivity index (χ4n) is 3.65. The average molecular weight is 437 g/mol. The summed E-state index contributed by atoms with van der Waals surface area (Å²) >= 11 is 0. The largest absolute Gasteiger partial charge is 0.403 e. The Bertz CT molecular complexity index is 1420. The zero-order chi connectivity index (χ0) is 22.8. The molecular weight excluding hydrogens is 421 g/mol. The first kappa shape index (κ1) is 20.3. The van der Waals surface area contributed by atoms with Gasteiger partial charge < -0.3 is 9.73 Å². The van der Waals surface area contributed by atoms with Crippen LogP contribution in [0, 0.1) is 17.1 Å². The molecule has 1 atom stereocenters. The number of carbonyl (C=O) groups is 1. The van der Waals surface area contributed by atoms with Gasteiger partial charge in [0.15, 0.2) is 11.9 Å². The Morgan fingerprint density at radius 3 is 2.58 bits per heavy atom. The molecule has 0 saturated heterocycles. The number of benzene rings is 3. The van der Waals surface area contributed by atoms with E-state index < -0.39 is 12.0 Å². The summed E-state index contributed by atoms with van der Waals surface area (Å²) in [5.41, 5.74) is 3.58. The monoisotopic (exact) mass is 437 g/mol. The van der Waals surface area contributed by atoms with Gasteiger partial charge in [0.1, 0.15) is 11.9 Å². The van der Waals surface area contributed by atoms with Crippen LogP contribution in [-0.2, 0) is 11.2 Å². The van der Waals surface area contributed by atoms with Gasteiger partial charge in [-0.1, -0.05) is 59.7 Å². The maximum Gasteiger partial charge on any atom is 0.317 e. The summed E-state index contributed by atoms with van der Waals surface area (Å²) in [6.07, 6.45) is -0.756. The quantitative estimate of drug-likeness (QED) is 0.514. The van der Waals surface area contributed by atoms with Crippen molar-refractivity contribution >= 4 is 17.5 Å². The number of Topliss-reactive ketones (excluding diaryl/α,β-unsaturated/α-hetero) is 1. The number of aromatic nitrogens is 2. The van der Waals surface area contributed by atoms with Crippen LogP contribution in [0.5, 0.6) is 0 Å². The first-order valence-electron chi connectivity index (χ1n) is 10.2. The van der Waals surface area contributed by atoms with Gasteiger partial charge in [0.25, 0.3) is 0 Å². The highest BCUT2D eigenvalue weighted by Gasteiger charge is 2.27. The molecule has 0 amide bonds. The van der Waals surface area contributed by atoms with Crippen LogP contribution in [0.15, 0.2) is 82.2 Å². The third-order valence-corrected chi connectivity index (χ3v) is 5.27. The van der Waals surface area contributed by atoms with Gasteiger partial charge in [-0.3, -0.25) is 9.79 Å². The minimum atomic E-state index is -0.946. The molecule has 1 unspecified atom stereocenters. The third kappa shape index (κ3) is 4.00. The molecule has 0 fully saturated rings. The van der Waals surface area contributed by atoms with Crippen molar-refractivity contribution < 1.29 is 13.6 Å². The highest BCUT2D eigenvalue weighted by molar-refractivity contribution is 6.16. The summed E-state index contributed by atoms with van der Waals surface area (Å²) in [7, 11) is 0. The van der Waals surface area contributed by atoms with Crippen molar-refractivity contribution in [2.24, 2.45) is 4.99 Å². The van der Waals surface area contributed by atoms with E-state index in [1.54, 1.807) is 6.07 Å². The molecule has 160 valence electrons. The van der Waals surface area contributed by atoms with Crippen molar-refractivity contribution in [2.75, 3.05) is 5.32 Å². The number of aliphatic imine (C=N–C) groups is 1. The van der Waals surface area contributed by atoms with Gasteiger partial charge in [-0.2, -0.15) is 5.26 Å². The Labute approximate surface area is 188 Å². The molecule has 33 heavy (non-hydrogen) atoms. The summed E-state index contributed by atoms with van der Waals surface area (Å²) in [4.78, 5) is 17.7. The van der Waals surface area contributed by atoms with Crippen molar-refractivity contribution in [3.05, 3.63) is 101 Å². The molecule has 2 heterocycles. The highest BCUT2D eigenvalue weighted by Crippen LogP contribution is 2.25. The molecule has 7 nitrogen and oxygen atoms in total. The summed E-state index contributed by atoms with van der Waals surface area (Å²) in [5, 5.41) is 19.7. The lowest BCUT2D eigenvalue weighted by Gasteiger charge is -2.11. The van der Waals surface area contributed by atoms with E-state index in [1.165, 1.54) is 12.1 Å². The Hall–Kier alpha value is -4.64. The second-order valence-corrected chi connectivity index (χ2v) is 7.41. The van der Waals surface area contributed by atoms with Crippen molar-refractivity contribution in [3.63, 3.8) is 0 Å². The predicted molar refractivity (Wildman–Crippen MR) is 119 cm³/mol. The molecule has 0 saturated carbocycles. The van der Waals surface area contributed by atoms with E-state index in [1.807, 2.05) is 54.6 Å². The molecule has 1 N–H and O–H groups in total. The van der Waals surface area contributed by atoms with Gasteiger partial charge in [-0.05, 0) is 23.8 Å². The van der Waals surface area contributed by atoms with Gasteiger partial charge in [0, 0.05) is 23.1 Å². The molecule has 5 rings (SSSR count). The van der Waals surface area contributed by atoms with Gasteiger partial charge in [-0.25, -0.2) is 4.39 Å². The number of nitrogens with zero attached hydrogens (tertiary/aromatic N) is 4. The molecule has 1 aromatic heterocycles. The van der Waals surface area contributed by atoms with Gasteiger partial charge >= 0.3 is 6.01 Å². The summed E-state index contributed by atoms with van der Waals surface area (Å²) in [6, 6.07) is 23.0. The zero-order valence-corrected chi connectivity index (χ0v) is 17.2. The molecule has 4 aromatic rings. The third-order valence-electron chi connectivity index (χ3n) is 5.27. The summed E-state index contributed by atoms with van der Waals surface area (Å²) < 4.78 is 19.6. The van der Waals surface area contributed by atoms with E-state index in [-0.39, 0.29) is 29.7 Å². The fourth-order valence-corrected chi connectivity index (χ4v) is 3.65. The maximum absolute atomic E-state index is 14.0. The van der Waals surface area contributed by atoms with Gasteiger partial charge in [0.2, 0.25) is 5.89 Å². The average Bonchev–Trinajstić information content (AvgIpc) is 3.26. The lowest BCUT2D eigenvalue weighted by molar-refractivity contribution is -0.119. The second-order valence-electron chi connectivity index (χ2n) is 7.41. The lowest BCUT2D eigenvalue weighted by Crippen LogP contribution is -2.29. The number of rotatable bonds is 4. The predicted octanol–water partition coefficient (Wildman–Crippen LogP) is 4.15. The van der Waals surface area contributed by atoms with Crippen LogP contribution in [0.3, 0.4) is 0 Å². The number of carbonyl (C=O) groups excluding carboxylic acids is 1. The van der Waals surface area contributed by atoms with Gasteiger partial charge in [0.05, 0.1) is 11.3 Å². The van der Waals surface area contributed by atoms with Crippen molar-refractivity contribution in [1.29, 1.82) is 5.26 Å². The molecule has 0 aliphatic carbocycles. The van der Waals surface area contributed by atoms with Crippen LogP contribution in [0.2, 0.25) is 0 Å². The van der Waals surface area contributed by atoms with Crippen LogP contribution in [0.4, 0.5) is 10.4 Å². The van der Waals surface area contributed by atoms with Crippen molar-refractivity contribution in [3.8, 4) is 17.5 Å². The zero-order valence-electron chi connectivity index (χ0n) is 17.2. The molecule has 0 spiro atoms. The SMILES string of the molecule is N#Cc1ccc(-c2nnc(NC3N=C(c4ccccc4)c4ccccc4CC3=O)o2)cc1F. The van der Waals surface area contributed by atoms with Crippen LogP contribution in [-0.4, -0.2) is 27.9 Å². The molecule has 0 radical (unpaired) electrons. The number of nitriles is 1. The van der Waals surface area contributed by atoms with Crippen LogP contribution in [0.25, 0.3) is 11.5 Å². The van der Waals surface area contributed by atoms with Gasteiger partial charge in [-0.15, -0.1) is 5.10 Å². The molecular formula is C25H16FN5O2. The molecule has 3 aromatic carbocycles. The topological polar surface area (TPSA) is 104 Å². The first-order valence-corrected chi connectivity index (χ1v) is 10.2. The number of anilines is 1. The van der Waals surface area contributed by atoms with Crippen molar-refractivity contribution in [1.82, 2.24) is 10.2 Å². The van der Waals surface area contributed by atoms with E-state index in [0.717, 1.165) is 22.8 Å². The van der Waals surface area contributed by atoms with Crippen LogP contribution >= 0.6 is 0 Å². The summed E-state index contributed by atoms with van der Waals surface area (Å²) in [5.74, 6) is -0.786.